The van der Waals surface area contributed by atoms with E-state index in [1.54, 1.807) is 0 Å². The quantitative estimate of drug-likeness (QED) is 0.783. The third-order valence-electron chi connectivity index (χ3n) is 4.13. The van der Waals surface area contributed by atoms with Crippen molar-refractivity contribution >= 4 is 0 Å². The second-order valence-electron chi connectivity index (χ2n) is 5.38. The van der Waals surface area contributed by atoms with Crippen LogP contribution in [0.25, 0.3) is 0 Å². The summed E-state index contributed by atoms with van der Waals surface area (Å²) in [6, 6.07) is 6.45. The van der Waals surface area contributed by atoms with E-state index < -0.39 is 0 Å². The predicted molar refractivity (Wildman–Crippen MR) is 84.1 cm³/mol. The van der Waals surface area contributed by atoms with E-state index in [9.17, 15) is 5.11 Å². The lowest BCUT2D eigenvalue weighted by Gasteiger charge is -2.35. The van der Waals surface area contributed by atoms with Gasteiger partial charge < -0.3 is 10.4 Å². The Kier molecular flexibility index (Phi) is 5.62. The van der Waals surface area contributed by atoms with Gasteiger partial charge in [0.2, 0.25) is 0 Å². The van der Waals surface area contributed by atoms with Crippen LogP contribution in [-0.4, -0.2) is 36.2 Å². The third-order valence-corrected chi connectivity index (χ3v) is 4.13. The van der Waals surface area contributed by atoms with Crippen LogP contribution in [0.2, 0.25) is 0 Å². The molecule has 3 nitrogen and oxygen atoms in total. The van der Waals surface area contributed by atoms with Crippen molar-refractivity contribution in [3.8, 4) is 5.75 Å². The van der Waals surface area contributed by atoms with Crippen molar-refractivity contribution in [2.45, 2.75) is 32.2 Å². The molecule has 1 heterocycles. The zero-order valence-electron chi connectivity index (χ0n) is 12.4. The lowest BCUT2D eigenvalue weighted by Crippen LogP contribution is -2.45. The van der Waals surface area contributed by atoms with Gasteiger partial charge in [0.1, 0.15) is 5.75 Å². The van der Waals surface area contributed by atoms with Crippen molar-refractivity contribution in [3.63, 3.8) is 0 Å². The Labute approximate surface area is 122 Å². The Balaban J connectivity index is 2.27. The van der Waals surface area contributed by atoms with Crippen molar-refractivity contribution in [2.24, 2.45) is 0 Å². The number of phenolic OH excluding ortho intramolecular Hbond substituents is 1. The normalized spacial score (nSPS) is 17.9. The summed E-state index contributed by atoms with van der Waals surface area (Å²) in [7, 11) is 0. The van der Waals surface area contributed by atoms with Gasteiger partial charge in [-0.25, -0.2) is 0 Å². The van der Waals surface area contributed by atoms with Gasteiger partial charge in [-0.3, -0.25) is 4.90 Å². The second-order valence-corrected chi connectivity index (χ2v) is 5.38. The summed E-state index contributed by atoms with van der Waals surface area (Å²) in [5, 5.41) is 13.9. The smallest absolute Gasteiger partial charge is 0.123 e. The highest BCUT2D eigenvalue weighted by atomic mass is 16.3. The number of para-hydroxylation sites is 1. The standard InChI is InChI=1S/C17H26N2O/c1-3-5-9-16(19-12-10-18-11-13-19)15-8-6-7-14(4-2)17(15)20/h3,6-8,16,18,20H,1,4-5,9-13H2,2H3/t16-/m1/s1. The first-order valence-corrected chi connectivity index (χ1v) is 7.64. The van der Waals surface area contributed by atoms with Gasteiger partial charge in [0.15, 0.2) is 0 Å². The number of aryl methyl sites for hydroxylation is 1. The second kappa shape index (κ2) is 7.46. The monoisotopic (exact) mass is 274 g/mol. The molecular formula is C17H26N2O. The Morgan fingerprint density at radius 3 is 2.80 bits per heavy atom. The molecule has 0 spiro atoms. The molecular weight excluding hydrogens is 248 g/mol. The van der Waals surface area contributed by atoms with E-state index >= 15 is 0 Å². The molecule has 1 aromatic rings. The Morgan fingerprint density at radius 1 is 1.40 bits per heavy atom. The summed E-state index contributed by atoms with van der Waals surface area (Å²) in [6.07, 6.45) is 4.83. The van der Waals surface area contributed by atoms with E-state index in [1.807, 2.05) is 12.1 Å². The summed E-state index contributed by atoms with van der Waals surface area (Å²) in [5.41, 5.74) is 2.12. The number of phenols is 1. The van der Waals surface area contributed by atoms with Crippen LogP contribution in [0.1, 0.15) is 36.9 Å². The molecule has 1 saturated heterocycles. The number of rotatable bonds is 6. The van der Waals surface area contributed by atoms with E-state index in [0.717, 1.165) is 56.6 Å². The van der Waals surface area contributed by atoms with Crippen LogP contribution >= 0.6 is 0 Å². The number of hydrogen-bond acceptors (Lipinski definition) is 3. The number of benzene rings is 1. The highest BCUT2D eigenvalue weighted by Crippen LogP contribution is 2.34. The van der Waals surface area contributed by atoms with E-state index in [0.29, 0.717) is 11.8 Å². The van der Waals surface area contributed by atoms with Crippen molar-refractivity contribution in [2.75, 3.05) is 26.2 Å². The highest BCUT2D eigenvalue weighted by molar-refractivity contribution is 5.42. The maximum absolute atomic E-state index is 10.5. The first-order valence-electron chi connectivity index (χ1n) is 7.64. The molecule has 0 bridgehead atoms. The summed E-state index contributed by atoms with van der Waals surface area (Å²) in [4.78, 5) is 2.48. The van der Waals surface area contributed by atoms with Gasteiger partial charge in [-0.1, -0.05) is 31.2 Å². The Hall–Kier alpha value is -1.32. The molecule has 1 aliphatic rings. The number of hydrogen-bond donors (Lipinski definition) is 2. The predicted octanol–water partition coefficient (Wildman–Crippen LogP) is 2.87. The molecule has 110 valence electrons. The van der Waals surface area contributed by atoms with Crippen molar-refractivity contribution in [1.82, 2.24) is 10.2 Å². The molecule has 0 aliphatic carbocycles. The number of piperazine rings is 1. The molecule has 3 heteroatoms. The fourth-order valence-electron chi connectivity index (χ4n) is 2.97. The lowest BCUT2D eigenvalue weighted by atomic mass is 9.95. The molecule has 2 N–H and O–H groups in total. The minimum Gasteiger partial charge on any atom is -0.507 e. The molecule has 1 aliphatic heterocycles. The van der Waals surface area contributed by atoms with E-state index in [1.165, 1.54) is 0 Å². The van der Waals surface area contributed by atoms with Crippen LogP contribution in [0.15, 0.2) is 30.9 Å². The first kappa shape index (κ1) is 15.1. The van der Waals surface area contributed by atoms with Crippen LogP contribution in [0.3, 0.4) is 0 Å². The average Bonchev–Trinajstić information content (AvgIpc) is 2.50. The molecule has 0 radical (unpaired) electrons. The lowest BCUT2D eigenvalue weighted by molar-refractivity contribution is 0.163. The number of allylic oxidation sites excluding steroid dienone is 1. The minimum atomic E-state index is 0.293. The molecule has 1 fully saturated rings. The molecule has 1 atom stereocenters. The fraction of sp³-hybridized carbons (Fsp3) is 0.529. The van der Waals surface area contributed by atoms with Crippen molar-refractivity contribution in [3.05, 3.63) is 42.0 Å². The molecule has 0 unspecified atom stereocenters. The molecule has 1 aromatic carbocycles. The minimum absolute atomic E-state index is 0.293. The van der Waals surface area contributed by atoms with Crippen molar-refractivity contribution < 1.29 is 5.11 Å². The first-order chi connectivity index (χ1) is 9.77. The molecule has 0 aromatic heterocycles. The Bertz CT molecular complexity index is 439. The van der Waals surface area contributed by atoms with E-state index in [2.05, 4.69) is 35.9 Å². The van der Waals surface area contributed by atoms with Gasteiger partial charge in [0.25, 0.3) is 0 Å². The van der Waals surface area contributed by atoms with E-state index in [-0.39, 0.29) is 0 Å². The van der Waals surface area contributed by atoms with Gasteiger partial charge in [-0.15, -0.1) is 6.58 Å². The fourth-order valence-corrected chi connectivity index (χ4v) is 2.97. The Morgan fingerprint density at radius 2 is 2.15 bits per heavy atom. The van der Waals surface area contributed by atoms with Crippen LogP contribution in [0, 0.1) is 0 Å². The zero-order valence-corrected chi connectivity index (χ0v) is 12.4. The van der Waals surface area contributed by atoms with Gasteiger partial charge in [-0.05, 0) is 24.8 Å². The van der Waals surface area contributed by atoms with Crippen molar-refractivity contribution in [1.29, 1.82) is 0 Å². The van der Waals surface area contributed by atoms with Gasteiger partial charge >= 0.3 is 0 Å². The number of nitrogens with zero attached hydrogens (tertiary/aromatic N) is 1. The summed E-state index contributed by atoms with van der Waals surface area (Å²) in [6.45, 7) is 10.1. The topological polar surface area (TPSA) is 35.5 Å². The van der Waals surface area contributed by atoms with E-state index in [4.69, 9.17) is 0 Å². The largest absolute Gasteiger partial charge is 0.507 e. The zero-order chi connectivity index (χ0) is 14.4. The number of nitrogens with one attached hydrogen (secondary N) is 1. The molecule has 0 saturated carbocycles. The highest BCUT2D eigenvalue weighted by Gasteiger charge is 2.24. The molecule has 2 rings (SSSR count). The summed E-state index contributed by atoms with van der Waals surface area (Å²) < 4.78 is 0. The maximum Gasteiger partial charge on any atom is 0.123 e. The maximum atomic E-state index is 10.5. The average molecular weight is 274 g/mol. The summed E-state index contributed by atoms with van der Waals surface area (Å²) in [5.74, 6) is 0.489. The summed E-state index contributed by atoms with van der Waals surface area (Å²) >= 11 is 0. The van der Waals surface area contributed by atoms with Crippen LogP contribution in [0.5, 0.6) is 5.75 Å². The molecule has 0 amide bonds. The molecule has 20 heavy (non-hydrogen) atoms. The van der Waals surface area contributed by atoms with Crippen LogP contribution in [0.4, 0.5) is 0 Å². The number of aromatic hydroxyl groups is 1. The van der Waals surface area contributed by atoms with Gasteiger partial charge in [0, 0.05) is 37.8 Å². The third kappa shape index (κ3) is 3.41. The van der Waals surface area contributed by atoms with Crippen LogP contribution < -0.4 is 5.32 Å². The SMILES string of the molecule is C=CCC[C@H](c1cccc(CC)c1O)N1CCNCC1. The van der Waals surface area contributed by atoms with Gasteiger partial charge in [0.05, 0.1) is 0 Å². The van der Waals surface area contributed by atoms with Gasteiger partial charge in [-0.2, -0.15) is 0 Å². The van der Waals surface area contributed by atoms with Crippen LogP contribution in [-0.2, 0) is 6.42 Å².